The van der Waals surface area contributed by atoms with Gasteiger partial charge in [0, 0.05) is 54.2 Å². The molecule has 1 spiro atoms. The van der Waals surface area contributed by atoms with Crippen LogP contribution in [0.15, 0.2) is 79.9 Å². The van der Waals surface area contributed by atoms with E-state index in [1.807, 2.05) is 68.4 Å². The number of halogens is 1. The molecule has 49 heavy (non-hydrogen) atoms. The predicted molar refractivity (Wildman–Crippen MR) is 204 cm³/mol. The summed E-state index contributed by atoms with van der Waals surface area (Å²) < 4.78 is -0.846. The molecule has 264 valence electrons. The summed E-state index contributed by atoms with van der Waals surface area (Å²) in [5.74, 6) is -1.91. The zero-order valence-electron chi connectivity index (χ0n) is 29.2. The number of amides is 3. The number of anilines is 2. The standard InChI is InChI=1S/C39H51BrN4O4S/c1-7-21-42(24-27-15-13-12-14-16-27)36(46)32-33-37(47)44(31(25-45)26(6)9-3)35(39(33)23-30(40)34(32)49-39)38(48)43(22-8-2)29-19-17-28(18-20-29)41(10-4)11-5/h7-8,12-20,26,30-35,45H,1-2,9-11,21-25H2,3-6H3/t26-,30?,31-,32+,33-,34+,35?,39?/m0/s1. The average Bonchev–Trinajstić information content (AvgIpc) is 3.71. The van der Waals surface area contributed by atoms with Crippen LogP contribution in [0.5, 0.6) is 0 Å². The molecule has 3 amide bonds. The van der Waals surface area contributed by atoms with Crippen molar-refractivity contribution in [2.75, 3.05) is 42.6 Å². The van der Waals surface area contributed by atoms with Crippen LogP contribution < -0.4 is 9.80 Å². The number of thioether (sulfide) groups is 1. The molecule has 3 fully saturated rings. The van der Waals surface area contributed by atoms with Crippen LogP contribution >= 0.6 is 27.7 Å². The van der Waals surface area contributed by atoms with Gasteiger partial charge in [-0.1, -0.05) is 78.7 Å². The molecule has 8 atom stereocenters. The molecule has 2 aromatic carbocycles. The van der Waals surface area contributed by atoms with Gasteiger partial charge < -0.3 is 24.7 Å². The first-order valence-corrected chi connectivity index (χ1v) is 19.4. The van der Waals surface area contributed by atoms with E-state index in [0.717, 1.165) is 36.4 Å². The molecular formula is C39H51BrN4O4S. The van der Waals surface area contributed by atoms with E-state index in [1.54, 1.807) is 38.6 Å². The maximum Gasteiger partial charge on any atom is 0.251 e. The summed E-state index contributed by atoms with van der Waals surface area (Å²) in [6, 6.07) is 16.4. The van der Waals surface area contributed by atoms with Crippen LogP contribution in [-0.4, -0.2) is 92.3 Å². The predicted octanol–water partition coefficient (Wildman–Crippen LogP) is 6.14. The van der Waals surface area contributed by atoms with Crippen LogP contribution in [0, 0.1) is 17.8 Å². The third-order valence-corrected chi connectivity index (χ3v) is 14.1. The number of alkyl halides is 1. The zero-order valence-corrected chi connectivity index (χ0v) is 31.6. The molecule has 3 saturated heterocycles. The highest BCUT2D eigenvalue weighted by atomic mass is 79.9. The van der Waals surface area contributed by atoms with Gasteiger partial charge in [-0.05, 0) is 56.0 Å². The van der Waals surface area contributed by atoms with Crippen molar-refractivity contribution in [1.82, 2.24) is 9.80 Å². The minimum absolute atomic E-state index is 0.0628. The Balaban J connectivity index is 1.59. The van der Waals surface area contributed by atoms with Crippen molar-refractivity contribution in [3.63, 3.8) is 0 Å². The van der Waals surface area contributed by atoms with E-state index in [1.165, 1.54) is 0 Å². The molecule has 3 aliphatic rings. The van der Waals surface area contributed by atoms with E-state index < -0.39 is 28.7 Å². The summed E-state index contributed by atoms with van der Waals surface area (Å²) in [5, 5.41) is 10.7. The van der Waals surface area contributed by atoms with Crippen molar-refractivity contribution in [1.29, 1.82) is 0 Å². The Labute approximate surface area is 304 Å². The number of fused-ring (bicyclic) bond motifs is 1. The zero-order chi connectivity index (χ0) is 35.5. The van der Waals surface area contributed by atoms with Crippen molar-refractivity contribution < 1.29 is 19.5 Å². The van der Waals surface area contributed by atoms with Gasteiger partial charge in [-0.25, -0.2) is 0 Å². The Kier molecular flexibility index (Phi) is 12.0. The maximum atomic E-state index is 15.2. The van der Waals surface area contributed by atoms with Gasteiger partial charge in [-0.15, -0.1) is 24.9 Å². The van der Waals surface area contributed by atoms with Gasteiger partial charge in [0.15, 0.2) is 0 Å². The highest BCUT2D eigenvalue weighted by Gasteiger charge is 2.76. The van der Waals surface area contributed by atoms with Crippen LogP contribution in [0.3, 0.4) is 0 Å². The average molecular weight is 752 g/mol. The molecule has 0 saturated carbocycles. The van der Waals surface area contributed by atoms with Gasteiger partial charge in [0.2, 0.25) is 11.8 Å². The van der Waals surface area contributed by atoms with E-state index in [4.69, 9.17) is 0 Å². The van der Waals surface area contributed by atoms with E-state index in [9.17, 15) is 14.7 Å². The fourth-order valence-corrected chi connectivity index (χ4v) is 11.8. The molecule has 8 nitrogen and oxygen atoms in total. The number of carbonyl (C=O) groups is 3. The lowest BCUT2D eigenvalue weighted by atomic mass is 9.70. The topological polar surface area (TPSA) is 84.4 Å². The van der Waals surface area contributed by atoms with Gasteiger partial charge in [-0.2, -0.15) is 0 Å². The van der Waals surface area contributed by atoms with Crippen LogP contribution in [-0.2, 0) is 20.9 Å². The van der Waals surface area contributed by atoms with Gasteiger partial charge in [0.1, 0.15) is 6.04 Å². The van der Waals surface area contributed by atoms with Crippen LogP contribution in [0.1, 0.15) is 46.1 Å². The first-order valence-electron chi connectivity index (χ1n) is 17.6. The molecule has 2 aromatic rings. The Morgan fingerprint density at radius 1 is 1.02 bits per heavy atom. The second kappa shape index (κ2) is 15.9. The molecule has 10 heteroatoms. The van der Waals surface area contributed by atoms with Crippen molar-refractivity contribution in [2.24, 2.45) is 17.8 Å². The van der Waals surface area contributed by atoms with E-state index >= 15 is 4.79 Å². The molecule has 5 rings (SSSR count). The minimum Gasteiger partial charge on any atom is -0.394 e. The fraction of sp³-hybridized carbons (Fsp3) is 0.513. The van der Waals surface area contributed by atoms with E-state index in [0.29, 0.717) is 19.5 Å². The van der Waals surface area contributed by atoms with Gasteiger partial charge in [0.05, 0.1) is 29.2 Å². The third-order valence-electron chi connectivity index (χ3n) is 10.8. The van der Waals surface area contributed by atoms with Crippen molar-refractivity contribution in [2.45, 2.75) is 74.0 Å². The summed E-state index contributed by atoms with van der Waals surface area (Å²) >= 11 is 5.54. The highest BCUT2D eigenvalue weighted by Crippen LogP contribution is 2.68. The number of carbonyl (C=O) groups excluding carboxylic acids is 3. The summed E-state index contributed by atoms with van der Waals surface area (Å²) in [5.41, 5.74) is 2.79. The van der Waals surface area contributed by atoms with Gasteiger partial charge >= 0.3 is 0 Å². The second-order valence-electron chi connectivity index (χ2n) is 13.5. The lowest BCUT2D eigenvalue weighted by molar-refractivity contribution is -0.146. The molecule has 2 bridgehead atoms. The number of rotatable bonds is 16. The summed E-state index contributed by atoms with van der Waals surface area (Å²) in [6.45, 7) is 18.6. The highest BCUT2D eigenvalue weighted by molar-refractivity contribution is 9.09. The number of hydrogen-bond donors (Lipinski definition) is 1. The number of benzene rings is 2. The maximum absolute atomic E-state index is 15.2. The Hall–Kier alpha value is -3.08. The lowest BCUT2D eigenvalue weighted by Gasteiger charge is -2.41. The van der Waals surface area contributed by atoms with Crippen LogP contribution in [0.4, 0.5) is 11.4 Å². The van der Waals surface area contributed by atoms with Crippen molar-refractivity contribution in [3.05, 3.63) is 85.5 Å². The monoisotopic (exact) mass is 750 g/mol. The Bertz CT molecular complexity index is 1500. The number of hydrogen-bond acceptors (Lipinski definition) is 6. The van der Waals surface area contributed by atoms with Gasteiger partial charge in [-0.3, -0.25) is 14.4 Å². The van der Waals surface area contributed by atoms with Crippen molar-refractivity contribution >= 4 is 56.8 Å². The molecule has 3 unspecified atom stereocenters. The molecule has 1 N–H and O–H groups in total. The lowest BCUT2D eigenvalue weighted by Crippen LogP contribution is -2.59. The third kappa shape index (κ3) is 6.73. The number of nitrogens with zero attached hydrogens (tertiary/aromatic N) is 4. The van der Waals surface area contributed by atoms with Crippen LogP contribution in [0.25, 0.3) is 0 Å². The number of aliphatic hydroxyl groups is 1. The van der Waals surface area contributed by atoms with E-state index in [2.05, 4.69) is 47.8 Å². The molecule has 0 aliphatic carbocycles. The number of aliphatic hydroxyl groups excluding tert-OH is 1. The number of likely N-dealkylation sites (tertiary alicyclic amines) is 1. The SMILES string of the molecule is C=CCN(Cc1ccccc1)C(=O)[C@H]1[C@@H]2SC3(CC2Br)C(C(=O)N(CC=C)c2ccc(N(CC)CC)cc2)N([C@@H](CO)[C@@H](C)CC)C(=O)[C@H]13. The second-order valence-corrected chi connectivity index (χ2v) is 16.2. The quantitative estimate of drug-likeness (QED) is 0.164. The van der Waals surface area contributed by atoms with Gasteiger partial charge in [0.25, 0.3) is 5.91 Å². The summed E-state index contributed by atoms with van der Waals surface area (Å²) in [6.07, 6.45) is 4.72. The minimum atomic E-state index is -0.867. The first kappa shape index (κ1) is 37.2. The summed E-state index contributed by atoms with van der Waals surface area (Å²) in [7, 11) is 0. The molecule has 0 radical (unpaired) electrons. The summed E-state index contributed by atoms with van der Waals surface area (Å²) in [4.78, 5) is 52.2. The Morgan fingerprint density at radius 3 is 2.22 bits per heavy atom. The normalized spacial score (nSPS) is 26.6. The molecule has 3 aliphatic heterocycles. The molecule has 3 heterocycles. The largest absolute Gasteiger partial charge is 0.394 e. The Morgan fingerprint density at radius 2 is 1.65 bits per heavy atom. The first-order chi connectivity index (χ1) is 23.6. The van der Waals surface area contributed by atoms with Crippen molar-refractivity contribution in [3.8, 4) is 0 Å². The molecular weight excluding hydrogens is 700 g/mol. The smallest absolute Gasteiger partial charge is 0.251 e. The molecule has 0 aromatic heterocycles. The fourth-order valence-electron chi connectivity index (χ4n) is 8.23. The van der Waals surface area contributed by atoms with E-state index in [-0.39, 0.29) is 46.9 Å². The van der Waals surface area contributed by atoms with Crippen LogP contribution in [0.2, 0.25) is 0 Å².